The second-order valence-corrected chi connectivity index (χ2v) is 7.90. The highest BCUT2D eigenvalue weighted by atomic mass is 16.5. The number of rotatable bonds is 5. The van der Waals surface area contributed by atoms with Gasteiger partial charge in [0.1, 0.15) is 0 Å². The van der Waals surface area contributed by atoms with Crippen LogP contribution in [0.3, 0.4) is 0 Å². The van der Waals surface area contributed by atoms with Crippen LogP contribution in [-0.4, -0.2) is 30.4 Å². The van der Waals surface area contributed by atoms with E-state index in [9.17, 15) is 14.4 Å². The first-order valence-electron chi connectivity index (χ1n) is 10.5. The Morgan fingerprint density at radius 2 is 1.93 bits per heavy atom. The molecule has 0 saturated carbocycles. The molecule has 1 N–H and O–H groups in total. The molecule has 2 aliphatic rings. The molecule has 0 radical (unpaired) electrons. The summed E-state index contributed by atoms with van der Waals surface area (Å²) in [7, 11) is 0. The summed E-state index contributed by atoms with van der Waals surface area (Å²) in [6.07, 6.45) is 3.32. The summed E-state index contributed by atoms with van der Waals surface area (Å²) in [6, 6.07) is 14.9. The van der Waals surface area contributed by atoms with E-state index in [1.165, 1.54) is 5.56 Å². The first kappa shape index (κ1) is 20.1. The number of hydrogen-bond donors (Lipinski definition) is 1. The van der Waals surface area contributed by atoms with Crippen molar-refractivity contribution in [3.8, 4) is 0 Å². The van der Waals surface area contributed by atoms with E-state index in [0.717, 1.165) is 31.2 Å². The van der Waals surface area contributed by atoms with Crippen molar-refractivity contribution in [3.63, 3.8) is 0 Å². The van der Waals surface area contributed by atoms with Crippen LogP contribution < -0.4 is 10.2 Å². The molecular weight excluding hydrogens is 380 g/mol. The maximum atomic E-state index is 12.7. The lowest BCUT2D eigenvalue weighted by molar-refractivity contribution is -0.130. The van der Waals surface area contributed by atoms with E-state index in [-0.39, 0.29) is 17.9 Å². The van der Waals surface area contributed by atoms with Crippen molar-refractivity contribution in [1.29, 1.82) is 0 Å². The number of fused-ring (bicyclic) bond motifs is 1. The molecule has 1 fully saturated rings. The minimum atomic E-state index is -0.913. The Kier molecular flexibility index (Phi) is 5.84. The number of nitrogens with zero attached hydrogens (tertiary/aromatic N) is 1. The Morgan fingerprint density at radius 1 is 1.10 bits per heavy atom. The van der Waals surface area contributed by atoms with Gasteiger partial charge in [0.15, 0.2) is 6.10 Å². The van der Waals surface area contributed by atoms with Crippen LogP contribution in [-0.2, 0) is 20.7 Å². The van der Waals surface area contributed by atoms with Gasteiger partial charge >= 0.3 is 5.97 Å². The van der Waals surface area contributed by atoms with Crippen LogP contribution in [0.4, 0.5) is 5.69 Å². The number of nitrogens with one attached hydrogen (secondary N) is 1. The first-order chi connectivity index (χ1) is 14.5. The van der Waals surface area contributed by atoms with E-state index in [0.29, 0.717) is 24.2 Å². The molecule has 6 heteroatoms. The van der Waals surface area contributed by atoms with E-state index in [4.69, 9.17) is 4.74 Å². The molecule has 0 bridgehead atoms. The number of hydrogen-bond acceptors (Lipinski definition) is 4. The van der Waals surface area contributed by atoms with Gasteiger partial charge in [0.2, 0.25) is 5.91 Å². The Bertz CT molecular complexity index is 971. The number of carbonyl (C=O) groups is 3. The molecule has 2 atom stereocenters. The van der Waals surface area contributed by atoms with Gasteiger partial charge in [-0.2, -0.15) is 0 Å². The average molecular weight is 406 g/mol. The van der Waals surface area contributed by atoms with Gasteiger partial charge in [-0.25, -0.2) is 4.79 Å². The van der Waals surface area contributed by atoms with Crippen LogP contribution in [0.15, 0.2) is 48.5 Å². The van der Waals surface area contributed by atoms with E-state index in [2.05, 4.69) is 11.4 Å². The maximum absolute atomic E-state index is 12.7. The van der Waals surface area contributed by atoms with Crippen LogP contribution in [0.1, 0.15) is 60.1 Å². The molecule has 1 saturated heterocycles. The lowest BCUT2D eigenvalue weighted by Gasteiger charge is -2.27. The molecule has 1 aliphatic carbocycles. The van der Waals surface area contributed by atoms with Crippen LogP contribution in [0, 0.1) is 0 Å². The third-order valence-corrected chi connectivity index (χ3v) is 5.81. The standard InChI is InChI=1S/C24H26N2O4/c1-16(23(28)25-21-12-5-8-17-7-2-3-11-20(17)21)30-24(29)18-9-4-10-19(15-18)26-14-6-13-22(26)27/h2-4,7,9-11,15-16,21H,5-6,8,12-14H2,1H3,(H,25,28)/t16-,21+/m0/s1. The maximum Gasteiger partial charge on any atom is 0.338 e. The van der Waals surface area contributed by atoms with Gasteiger partial charge in [-0.05, 0) is 61.9 Å². The van der Waals surface area contributed by atoms with E-state index in [1.54, 1.807) is 36.1 Å². The predicted octanol–water partition coefficient (Wildman–Crippen LogP) is 3.55. The predicted molar refractivity (Wildman–Crippen MR) is 113 cm³/mol. The molecule has 0 spiro atoms. The van der Waals surface area contributed by atoms with Crippen molar-refractivity contribution >= 4 is 23.5 Å². The Balaban J connectivity index is 1.39. The van der Waals surface area contributed by atoms with Gasteiger partial charge in [0.05, 0.1) is 11.6 Å². The molecule has 4 rings (SSSR count). The SMILES string of the molecule is C[C@H](OC(=O)c1cccc(N2CCCC2=O)c1)C(=O)N[C@@H]1CCCc2ccccc21. The van der Waals surface area contributed by atoms with Crippen molar-refractivity contribution in [1.82, 2.24) is 5.32 Å². The summed E-state index contributed by atoms with van der Waals surface area (Å²) in [4.78, 5) is 38.9. The highest BCUT2D eigenvalue weighted by Crippen LogP contribution is 2.29. The number of carbonyl (C=O) groups excluding carboxylic acids is 3. The van der Waals surface area contributed by atoms with Crippen molar-refractivity contribution in [2.45, 2.75) is 51.2 Å². The fourth-order valence-corrected chi connectivity index (χ4v) is 4.20. The zero-order chi connectivity index (χ0) is 21.1. The molecule has 30 heavy (non-hydrogen) atoms. The molecular formula is C24H26N2O4. The lowest BCUT2D eigenvalue weighted by atomic mass is 9.87. The van der Waals surface area contributed by atoms with Crippen molar-refractivity contribution in [3.05, 3.63) is 65.2 Å². The molecule has 0 unspecified atom stereocenters. The fourth-order valence-electron chi connectivity index (χ4n) is 4.20. The quantitative estimate of drug-likeness (QED) is 0.771. The third-order valence-electron chi connectivity index (χ3n) is 5.81. The Labute approximate surface area is 176 Å². The summed E-state index contributed by atoms with van der Waals surface area (Å²) in [6.45, 7) is 2.23. The normalized spacial score (nSPS) is 19.2. The Hall–Kier alpha value is -3.15. The van der Waals surface area contributed by atoms with Crippen LogP contribution in [0.2, 0.25) is 0 Å². The number of anilines is 1. The number of esters is 1. The average Bonchev–Trinajstić information content (AvgIpc) is 3.20. The van der Waals surface area contributed by atoms with E-state index >= 15 is 0 Å². The molecule has 0 aromatic heterocycles. The molecule has 2 aromatic rings. The number of ether oxygens (including phenoxy) is 1. The number of amides is 2. The molecule has 1 aliphatic heterocycles. The largest absolute Gasteiger partial charge is 0.449 e. The number of aryl methyl sites for hydroxylation is 1. The second kappa shape index (κ2) is 8.69. The highest BCUT2D eigenvalue weighted by molar-refractivity contribution is 5.98. The van der Waals surface area contributed by atoms with Gasteiger partial charge in [-0.1, -0.05) is 30.3 Å². The molecule has 1 heterocycles. The van der Waals surface area contributed by atoms with Gasteiger partial charge in [-0.3, -0.25) is 9.59 Å². The van der Waals surface area contributed by atoms with Gasteiger partial charge < -0.3 is 15.0 Å². The summed E-state index contributed by atoms with van der Waals surface area (Å²) < 4.78 is 5.42. The van der Waals surface area contributed by atoms with Crippen molar-refractivity contribution < 1.29 is 19.1 Å². The highest BCUT2D eigenvalue weighted by Gasteiger charge is 2.26. The molecule has 2 aromatic carbocycles. The summed E-state index contributed by atoms with van der Waals surface area (Å²) in [5, 5.41) is 3.02. The number of benzene rings is 2. The topological polar surface area (TPSA) is 75.7 Å². The molecule has 2 amide bonds. The van der Waals surface area contributed by atoms with Gasteiger partial charge in [0.25, 0.3) is 5.91 Å². The van der Waals surface area contributed by atoms with Crippen LogP contribution in [0.5, 0.6) is 0 Å². The summed E-state index contributed by atoms with van der Waals surface area (Å²) >= 11 is 0. The van der Waals surface area contributed by atoms with Gasteiger partial charge in [-0.15, -0.1) is 0 Å². The molecule has 156 valence electrons. The Morgan fingerprint density at radius 3 is 2.73 bits per heavy atom. The van der Waals surface area contributed by atoms with Crippen molar-refractivity contribution in [2.75, 3.05) is 11.4 Å². The monoisotopic (exact) mass is 406 g/mol. The zero-order valence-electron chi connectivity index (χ0n) is 17.1. The van der Waals surface area contributed by atoms with E-state index < -0.39 is 12.1 Å². The summed E-state index contributed by atoms with van der Waals surface area (Å²) in [5.41, 5.74) is 3.41. The fraction of sp³-hybridized carbons (Fsp3) is 0.375. The minimum Gasteiger partial charge on any atom is -0.449 e. The zero-order valence-corrected chi connectivity index (χ0v) is 17.1. The van der Waals surface area contributed by atoms with Gasteiger partial charge in [0, 0.05) is 18.7 Å². The van der Waals surface area contributed by atoms with Crippen LogP contribution >= 0.6 is 0 Å². The van der Waals surface area contributed by atoms with Crippen molar-refractivity contribution in [2.24, 2.45) is 0 Å². The second-order valence-electron chi connectivity index (χ2n) is 7.90. The first-order valence-corrected chi connectivity index (χ1v) is 10.5. The third kappa shape index (κ3) is 4.22. The minimum absolute atomic E-state index is 0.0565. The smallest absolute Gasteiger partial charge is 0.338 e. The van der Waals surface area contributed by atoms with Crippen LogP contribution in [0.25, 0.3) is 0 Å². The molecule has 6 nitrogen and oxygen atoms in total. The van der Waals surface area contributed by atoms with E-state index in [1.807, 2.05) is 18.2 Å². The lowest BCUT2D eigenvalue weighted by Crippen LogP contribution is -2.39. The summed E-state index contributed by atoms with van der Waals surface area (Å²) in [5.74, 6) is -0.827.